The van der Waals surface area contributed by atoms with Crippen molar-refractivity contribution in [3.8, 4) is 0 Å². The Labute approximate surface area is 581 Å². The van der Waals surface area contributed by atoms with Crippen molar-refractivity contribution in [3.63, 3.8) is 0 Å². The van der Waals surface area contributed by atoms with Gasteiger partial charge in [0.2, 0.25) is 0 Å². The molecule has 0 aromatic rings. The number of rotatable bonds is 75. The molecule has 0 spiro atoms. The van der Waals surface area contributed by atoms with Crippen LogP contribution in [0.15, 0.2) is 0 Å². The van der Waals surface area contributed by atoms with Crippen molar-refractivity contribution >= 4 is 39.5 Å². The van der Waals surface area contributed by atoms with Gasteiger partial charge in [-0.15, -0.1) is 0 Å². The van der Waals surface area contributed by atoms with Gasteiger partial charge in [-0.2, -0.15) is 0 Å². The molecule has 0 saturated heterocycles. The number of phosphoric ester groups is 2. The fourth-order valence-electron chi connectivity index (χ4n) is 11.6. The molecule has 17 nitrogen and oxygen atoms in total. The summed E-state index contributed by atoms with van der Waals surface area (Å²) in [6, 6.07) is 0. The largest absolute Gasteiger partial charge is 0.472 e. The minimum atomic E-state index is -4.96. The van der Waals surface area contributed by atoms with Gasteiger partial charge in [-0.1, -0.05) is 343 Å². The van der Waals surface area contributed by atoms with E-state index in [2.05, 4.69) is 41.5 Å². The van der Waals surface area contributed by atoms with Crippen LogP contribution in [0.5, 0.6) is 0 Å². The minimum absolute atomic E-state index is 0.106. The predicted molar refractivity (Wildman–Crippen MR) is 386 cm³/mol. The van der Waals surface area contributed by atoms with Crippen LogP contribution >= 0.6 is 15.6 Å². The van der Waals surface area contributed by atoms with E-state index >= 15 is 0 Å². The van der Waals surface area contributed by atoms with E-state index in [4.69, 9.17) is 37.0 Å². The van der Waals surface area contributed by atoms with E-state index in [-0.39, 0.29) is 25.7 Å². The molecular formula is C76H148O17P2. The Balaban J connectivity index is 5.23. The van der Waals surface area contributed by atoms with Crippen LogP contribution in [0, 0.1) is 11.8 Å². The second-order valence-electron chi connectivity index (χ2n) is 28.1. The van der Waals surface area contributed by atoms with E-state index in [1.54, 1.807) is 0 Å². The van der Waals surface area contributed by atoms with E-state index in [0.717, 1.165) is 102 Å². The second-order valence-corrected chi connectivity index (χ2v) is 31.0. The molecule has 0 heterocycles. The van der Waals surface area contributed by atoms with Crippen molar-refractivity contribution in [2.24, 2.45) is 11.8 Å². The number of hydrogen-bond donors (Lipinski definition) is 3. The van der Waals surface area contributed by atoms with Gasteiger partial charge in [-0.25, -0.2) is 9.13 Å². The van der Waals surface area contributed by atoms with E-state index in [0.29, 0.717) is 31.6 Å². The third-order valence-corrected chi connectivity index (χ3v) is 20.0. The maximum atomic E-state index is 13.1. The highest BCUT2D eigenvalue weighted by atomic mass is 31.2. The van der Waals surface area contributed by atoms with E-state index < -0.39 is 97.5 Å². The zero-order valence-electron chi connectivity index (χ0n) is 62.0. The predicted octanol–water partition coefficient (Wildman–Crippen LogP) is 22.3. The molecule has 95 heavy (non-hydrogen) atoms. The standard InChI is InChI=1S/C76H148O17P2/c1-7-10-12-14-16-18-20-22-23-24-28-32-35-39-46-52-58-73(78)86-64-71(92-76(81)61-55-49-41-37-33-29-26-25-27-30-34-38-45-51-57-69(6)9-3)66-90-94(82,83)88-62-70(77)63-89-95(84,85)91-67-72(65-87-74(79)59-53-47-43-42-44-50-56-68(4)5)93-75(80)60-54-48-40-36-31-21-19-17-15-13-11-8-2/h68-72,77H,7-67H2,1-6H3,(H,82,83)(H,84,85)/t69?,70-,71-,72-/m1/s1. The highest BCUT2D eigenvalue weighted by molar-refractivity contribution is 7.47. The molecule has 0 fully saturated rings. The Bertz CT molecular complexity index is 1840. The molecule has 0 aliphatic rings. The Hall–Kier alpha value is -1.94. The lowest BCUT2D eigenvalue weighted by molar-refractivity contribution is -0.161. The molecule has 0 aliphatic heterocycles. The third-order valence-electron chi connectivity index (χ3n) is 18.1. The zero-order valence-corrected chi connectivity index (χ0v) is 63.8. The molecule has 6 atom stereocenters. The summed E-state index contributed by atoms with van der Waals surface area (Å²) in [6.45, 7) is 9.57. The number of ether oxygens (including phenoxy) is 4. The van der Waals surface area contributed by atoms with Crippen molar-refractivity contribution in [1.82, 2.24) is 0 Å². The van der Waals surface area contributed by atoms with Crippen LogP contribution in [0.25, 0.3) is 0 Å². The van der Waals surface area contributed by atoms with Gasteiger partial charge in [0.25, 0.3) is 0 Å². The number of phosphoric acid groups is 2. The summed E-state index contributed by atoms with van der Waals surface area (Å²) in [5.41, 5.74) is 0. The smallest absolute Gasteiger partial charge is 0.462 e. The highest BCUT2D eigenvalue weighted by Crippen LogP contribution is 2.45. The number of carbonyl (C=O) groups excluding carboxylic acids is 4. The first kappa shape index (κ1) is 93.1. The summed E-state index contributed by atoms with van der Waals surface area (Å²) in [5, 5.41) is 10.6. The Kier molecular flexibility index (Phi) is 66.5. The normalized spacial score (nSPS) is 14.3. The van der Waals surface area contributed by atoms with Crippen LogP contribution in [0.4, 0.5) is 0 Å². The molecule has 3 N–H and O–H groups in total. The van der Waals surface area contributed by atoms with Crippen LogP contribution in [-0.4, -0.2) is 96.7 Å². The minimum Gasteiger partial charge on any atom is -0.462 e. The average Bonchev–Trinajstić information content (AvgIpc) is 2.24. The molecule has 0 rings (SSSR count). The molecule has 564 valence electrons. The molecule has 0 saturated carbocycles. The van der Waals surface area contributed by atoms with Crippen molar-refractivity contribution in [2.75, 3.05) is 39.6 Å². The lowest BCUT2D eigenvalue weighted by atomic mass is 9.99. The van der Waals surface area contributed by atoms with E-state index in [1.165, 1.54) is 205 Å². The zero-order chi connectivity index (χ0) is 70.0. The van der Waals surface area contributed by atoms with Gasteiger partial charge in [-0.05, 0) is 37.5 Å². The Morgan fingerprint density at radius 3 is 0.800 bits per heavy atom. The Morgan fingerprint density at radius 2 is 0.537 bits per heavy atom. The van der Waals surface area contributed by atoms with Crippen LogP contribution in [-0.2, 0) is 65.4 Å². The molecule has 0 radical (unpaired) electrons. The fourth-order valence-corrected chi connectivity index (χ4v) is 13.2. The molecule has 0 aromatic heterocycles. The van der Waals surface area contributed by atoms with E-state index in [9.17, 15) is 43.2 Å². The number of carbonyl (C=O) groups is 4. The monoisotopic (exact) mass is 1400 g/mol. The number of unbranched alkanes of at least 4 members (excludes halogenated alkanes) is 44. The maximum absolute atomic E-state index is 13.1. The average molecular weight is 1400 g/mol. The lowest BCUT2D eigenvalue weighted by Gasteiger charge is -2.21. The SMILES string of the molecule is CCCCCCCCCCCCCCCCCCC(=O)OC[C@H](COP(=O)(O)OC[C@@H](O)COP(=O)(O)OC[C@@H](COC(=O)CCCCCCCCC(C)C)OC(=O)CCCCCCCCCCCCCC)OC(=O)CCCCCCCCCCCCCCCCC(C)CC. The maximum Gasteiger partial charge on any atom is 0.472 e. The first-order chi connectivity index (χ1) is 45.9. The van der Waals surface area contributed by atoms with Gasteiger partial charge in [0.1, 0.15) is 19.3 Å². The van der Waals surface area contributed by atoms with Gasteiger partial charge in [0, 0.05) is 25.7 Å². The van der Waals surface area contributed by atoms with Crippen LogP contribution in [0.3, 0.4) is 0 Å². The fraction of sp³-hybridized carbons (Fsp3) is 0.947. The second kappa shape index (κ2) is 67.9. The Morgan fingerprint density at radius 1 is 0.305 bits per heavy atom. The van der Waals surface area contributed by atoms with Crippen LogP contribution in [0.1, 0.15) is 395 Å². The first-order valence-electron chi connectivity index (χ1n) is 39.5. The number of aliphatic hydroxyl groups is 1. The summed E-state index contributed by atoms with van der Waals surface area (Å²) in [5.74, 6) is -0.590. The first-order valence-corrected chi connectivity index (χ1v) is 42.5. The third kappa shape index (κ3) is 69.0. The van der Waals surface area contributed by atoms with Crippen molar-refractivity contribution in [2.45, 2.75) is 413 Å². The summed E-state index contributed by atoms with van der Waals surface area (Å²) in [4.78, 5) is 72.8. The van der Waals surface area contributed by atoms with Gasteiger partial charge in [0.05, 0.1) is 26.4 Å². The molecule has 3 unspecified atom stereocenters. The van der Waals surface area contributed by atoms with Crippen LogP contribution in [0.2, 0.25) is 0 Å². The van der Waals surface area contributed by atoms with Gasteiger partial charge >= 0.3 is 39.5 Å². The molecule has 19 heteroatoms. The van der Waals surface area contributed by atoms with Crippen molar-refractivity contribution in [1.29, 1.82) is 0 Å². The van der Waals surface area contributed by atoms with Gasteiger partial charge in [-0.3, -0.25) is 37.3 Å². The molecule has 0 aliphatic carbocycles. The van der Waals surface area contributed by atoms with Crippen LogP contribution < -0.4 is 0 Å². The summed E-state index contributed by atoms with van der Waals surface area (Å²) in [6.07, 6.45) is 55.5. The highest BCUT2D eigenvalue weighted by Gasteiger charge is 2.30. The molecule has 0 bridgehead atoms. The molecular weight excluding hydrogens is 1250 g/mol. The molecule has 0 amide bonds. The number of aliphatic hydroxyl groups excluding tert-OH is 1. The van der Waals surface area contributed by atoms with Gasteiger partial charge in [0.15, 0.2) is 12.2 Å². The van der Waals surface area contributed by atoms with Crippen molar-refractivity contribution in [3.05, 3.63) is 0 Å². The topological polar surface area (TPSA) is 237 Å². The molecule has 0 aromatic carbocycles. The number of esters is 4. The van der Waals surface area contributed by atoms with Gasteiger partial charge < -0.3 is 33.8 Å². The van der Waals surface area contributed by atoms with Crippen molar-refractivity contribution < 1.29 is 80.2 Å². The summed E-state index contributed by atoms with van der Waals surface area (Å²) in [7, 11) is -9.91. The lowest BCUT2D eigenvalue weighted by Crippen LogP contribution is -2.30. The number of hydrogen-bond acceptors (Lipinski definition) is 15. The summed E-state index contributed by atoms with van der Waals surface area (Å²) < 4.78 is 68.5. The van der Waals surface area contributed by atoms with E-state index in [1.807, 2.05) is 0 Å². The summed E-state index contributed by atoms with van der Waals surface area (Å²) >= 11 is 0. The quantitative estimate of drug-likeness (QED) is 0.0222.